The lowest BCUT2D eigenvalue weighted by Crippen LogP contribution is -2.34. The van der Waals surface area contributed by atoms with Gasteiger partial charge in [-0.3, -0.25) is 19.1 Å². The number of aromatic nitrogens is 2. The highest BCUT2D eigenvalue weighted by molar-refractivity contribution is 7.07. The smallest absolute Gasteiger partial charge is 0.273 e. The van der Waals surface area contributed by atoms with Gasteiger partial charge < -0.3 is 5.32 Å². The first kappa shape index (κ1) is 23.9. The molecule has 1 N–H and O–H groups in total. The average Bonchev–Trinajstić information content (AvgIpc) is 3.15. The number of amides is 1. The summed E-state index contributed by atoms with van der Waals surface area (Å²) < 4.78 is 2.11. The normalized spacial score (nSPS) is 13.1. The van der Waals surface area contributed by atoms with E-state index >= 15 is 0 Å². The molecule has 2 heterocycles. The second kappa shape index (κ2) is 10.3. The van der Waals surface area contributed by atoms with Crippen molar-refractivity contribution in [1.82, 2.24) is 14.9 Å². The van der Waals surface area contributed by atoms with Gasteiger partial charge in [-0.05, 0) is 67.8 Å². The molecule has 4 rings (SSSR count). The van der Waals surface area contributed by atoms with E-state index in [4.69, 9.17) is 0 Å². The number of nitrogens with one attached hydrogen (secondary N) is 1. The fraction of sp³-hybridized carbons (Fsp3) is 0.143. The molecule has 0 aliphatic rings. The lowest BCUT2D eigenvalue weighted by molar-refractivity contribution is -0.116. The molecule has 0 fully saturated rings. The third-order valence-electron chi connectivity index (χ3n) is 5.45. The van der Waals surface area contributed by atoms with E-state index in [2.05, 4.69) is 10.3 Å². The Labute approximate surface area is 207 Å². The number of carbonyl (C=O) groups is 1. The van der Waals surface area contributed by atoms with E-state index < -0.39 is 5.91 Å². The van der Waals surface area contributed by atoms with Crippen LogP contribution in [0.25, 0.3) is 17.3 Å². The molecule has 1 amide bonds. The minimum absolute atomic E-state index is 0.116. The fourth-order valence-electron chi connectivity index (χ4n) is 3.85. The van der Waals surface area contributed by atoms with Gasteiger partial charge in [0.15, 0.2) is 5.57 Å². The van der Waals surface area contributed by atoms with Gasteiger partial charge in [-0.15, -0.1) is 11.3 Å². The highest BCUT2D eigenvalue weighted by atomic mass is 32.1. The molecule has 174 valence electrons. The minimum Gasteiger partial charge on any atom is -0.345 e. The van der Waals surface area contributed by atoms with Crippen molar-refractivity contribution in [3.8, 4) is 11.8 Å². The molecule has 6 nitrogen and oxygen atoms in total. The third-order valence-corrected chi connectivity index (χ3v) is 6.55. The van der Waals surface area contributed by atoms with Gasteiger partial charge >= 0.3 is 0 Å². The second-order valence-electron chi connectivity index (χ2n) is 8.25. The summed E-state index contributed by atoms with van der Waals surface area (Å²) in [6.45, 7) is 5.74. The van der Waals surface area contributed by atoms with Gasteiger partial charge in [0.05, 0.1) is 22.0 Å². The first-order valence-corrected chi connectivity index (χ1v) is 11.9. The van der Waals surface area contributed by atoms with Gasteiger partial charge in [-0.25, -0.2) is 0 Å². The van der Waals surface area contributed by atoms with Crippen LogP contribution < -0.4 is 20.1 Å². The maximum atomic E-state index is 13.6. The summed E-state index contributed by atoms with van der Waals surface area (Å²) in [4.78, 5) is 31.1. The maximum Gasteiger partial charge on any atom is 0.273 e. The highest BCUT2D eigenvalue weighted by Gasteiger charge is 2.19. The van der Waals surface area contributed by atoms with Crippen molar-refractivity contribution in [2.24, 2.45) is 0 Å². The SMILES string of the molecule is Cc1cc(C)cc(-n2c(=O)/c(=C\c3ccccn3)s/c2=C(/C#N)C(=O)NC(C)c2ccccc2)c1. The molecule has 1 unspecified atom stereocenters. The second-order valence-corrected chi connectivity index (χ2v) is 9.28. The molecule has 2 aromatic heterocycles. The van der Waals surface area contributed by atoms with E-state index in [1.807, 2.05) is 81.4 Å². The Morgan fingerprint density at radius 1 is 1.09 bits per heavy atom. The number of thiazole rings is 1. The predicted octanol–water partition coefficient (Wildman–Crippen LogP) is 3.29. The molecular weight excluding hydrogens is 456 g/mol. The first-order chi connectivity index (χ1) is 16.9. The molecule has 0 aliphatic heterocycles. The Morgan fingerprint density at radius 2 is 1.77 bits per heavy atom. The number of pyridine rings is 1. The van der Waals surface area contributed by atoms with Crippen LogP contribution in [0.2, 0.25) is 0 Å². The van der Waals surface area contributed by atoms with Gasteiger partial charge in [0.1, 0.15) is 10.7 Å². The minimum atomic E-state index is -0.535. The zero-order valence-electron chi connectivity index (χ0n) is 19.6. The van der Waals surface area contributed by atoms with Crippen LogP contribution in [0.1, 0.15) is 35.3 Å². The lowest BCUT2D eigenvalue weighted by atomic mass is 10.1. The quantitative estimate of drug-likeness (QED) is 0.475. The number of aryl methyl sites for hydroxylation is 2. The molecule has 0 saturated carbocycles. The zero-order chi connectivity index (χ0) is 24.9. The number of benzene rings is 2. The Morgan fingerprint density at radius 3 is 2.40 bits per heavy atom. The fourth-order valence-corrected chi connectivity index (χ4v) is 4.94. The van der Waals surface area contributed by atoms with E-state index in [-0.39, 0.29) is 21.8 Å². The topological polar surface area (TPSA) is 87.8 Å². The average molecular weight is 481 g/mol. The predicted molar refractivity (Wildman–Crippen MR) is 138 cm³/mol. The van der Waals surface area contributed by atoms with Crippen molar-refractivity contribution in [2.75, 3.05) is 0 Å². The molecular formula is C28H24N4O2S. The van der Waals surface area contributed by atoms with Crippen LogP contribution in [0.5, 0.6) is 0 Å². The van der Waals surface area contributed by atoms with Crippen molar-refractivity contribution in [1.29, 1.82) is 5.26 Å². The first-order valence-electron chi connectivity index (χ1n) is 11.1. The standard InChI is InChI=1S/C28H24N4O2S/c1-18-13-19(2)15-23(14-18)32-27(34)25(16-22-11-7-8-12-30-22)35-28(32)24(17-29)26(33)31-20(3)21-9-5-4-6-10-21/h4-16,20H,1-3H3,(H,31,33)/b25-16+,28-24-. The number of carbonyl (C=O) groups excluding carboxylic acids is 1. The largest absolute Gasteiger partial charge is 0.345 e. The van der Waals surface area contributed by atoms with Gasteiger partial charge in [0.2, 0.25) is 0 Å². The number of nitriles is 1. The molecule has 35 heavy (non-hydrogen) atoms. The van der Waals surface area contributed by atoms with Gasteiger partial charge in [0, 0.05) is 6.20 Å². The van der Waals surface area contributed by atoms with E-state index in [0.29, 0.717) is 15.9 Å². The third kappa shape index (κ3) is 5.29. The Kier molecular flexibility index (Phi) is 7.04. The van der Waals surface area contributed by atoms with Crippen LogP contribution >= 0.6 is 11.3 Å². The van der Waals surface area contributed by atoms with E-state index in [1.54, 1.807) is 24.4 Å². The van der Waals surface area contributed by atoms with Gasteiger partial charge in [-0.1, -0.05) is 42.5 Å². The van der Waals surface area contributed by atoms with Crippen LogP contribution in [-0.2, 0) is 4.79 Å². The van der Waals surface area contributed by atoms with Crippen molar-refractivity contribution in [3.63, 3.8) is 0 Å². The summed E-state index contributed by atoms with van der Waals surface area (Å²) in [6.07, 6.45) is 3.32. The van der Waals surface area contributed by atoms with Crippen molar-refractivity contribution in [3.05, 3.63) is 115 Å². The number of hydrogen-bond donors (Lipinski definition) is 1. The summed E-state index contributed by atoms with van der Waals surface area (Å²) in [5.41, 5.74) is 3.66. The van der Waals surface area contributed by atoms with Crippen molar-refractivity contribution in [2.45, 2.75) is 26.8 Å². The van der Waals surface area contributed by atoms with E-state index in [0.717, 1.165) is 28.0 Å². The van der Waals surface area contributed by atoms with Crippen molar-refractivity contribution < 1.29 is 4.79 Å². The molecule has 0 aliphatic carbocycles. The van der Waals surface area contributed by atoms with E-state index in [1.165, 1.54) is 4.57 Å². The molecule has 2 aromatic carbocycles. The number of hydrogen-bond acceptors (Lipinski definition) is 5. The van der Waals surface area contributed by atoms with Crippen molar-refractivity contribution >= 4 is 28.9 Å². The number of rotatable bonds is 5. The molecule has 4 aromatic rings. The zero-order valence-corrected chi connectivity index (χ0v) is 20.5. The molecule has 0 saturated heterocycles. The Hall–Kier alpha value is -4.28. The number of nitrogens with zero attached hydrogens (tertiary/aromatic N) is 3. The van der Waals surface area contributed by atoms with Gasteiger partial charge in [0.25, 0.3) is 11.5 Å². The van der Waals surface area contributed by atoms with Crippen LogP contribution in [-0.4, -0.2) is 15.5 Å². The summed E-state index contributed by atoms with van der Waals surface area (Å²) in [7, 11) is 0. The molecule has 0 bridgehead atoms. The summed E-state index contributed by atoms with van der Waals surface area (Å²) in [6, 6.07) is 22.4. The van der Waals surface area contributed by atoms with Gasteiger partial charge in [-0.2, -0.15) is 5.26 Å². The summed E-state index contributed by atoms with van der Waals surface area (Å²) in [5.74, 6) is -0.535. The maximum absolute atomic E-state index is 13.6. The Bertz CT molecular complexity index is 1580. The van der Waals surface area contributed by atoms with Crippen LogP contribution in [0.3, 0.4) is 0 Å². The summed E-state index contributed by atoms with van der Waals surface area (Å²) >= 11 is 1.11. The Balaban J connectivity index is 1.94. The molecule has 1 atom stereocenters. The van der Waals surface area contributed by atoms with Crippen LogP contribution in [0.15, 0.2) is 77.7 Å². The lowest BCUT2D eigenvalue weighted by Gasteiger charge is -2.14. The van der Waals surface area contributed by atoms with E-state index in [9.17, 15) is 14.9 Å². The monoisotopic (exact) mass is 480 g/mol. The molecule has 0 spiro atoms. The molecule has 7 heteroatoms. The van der Waals surface area contributed by atoms with Crippen LogP contribution in [0, 0.1) is 25.2 Å². The molecule has 0 radical (unpaired) electrons. The highest BCUT2D eigenvalue weighted by Crippen LogP contribution is 2.13. The van der Waals surface area contributed by atoms with Crippen LogP contribution in [0.4, 0.5) is 0 Å². The summed E-state index contributed by atoms with van der Waals surface area (Å²) in [5, 5.41) is 12.9.